The van der Waals surface area contributed by atoms with E-state index < -0.39 is 0 Å². The van der Waals surface area contributed by atoms with Crippen LogP contribution >= 0.6 is 0 Å². The maximum atomic E-state index is 12.0. The van der Waals surface area contributed by atoms with Crippen LogP contribution in [0.3, 0.4) is 0 Å². The van der Waals surface area contributed by atoms with Crippen LogP contribution in [0, 0.1) is 5.92 Å². The number of nitrogens with zero attached hydrogens (tertiary/aromatic N) is 1. The van der Waals surface area contributed by atoms with Crippen LogP contribution in [0.25, 0.3) is 0 Å². The maximum absolute atomic E-state index is 12.0. The molecule has 3 heteroatoms. The van der Waals surface area contributed by atoms with Gasteiger partial charge in [0.15, 0.2) is 0 Å². The minimum atomic E-state index is -0.386. The predicted octanol–water partition coefficient (Wildman–Crippen LogP) is 1.81. The Morgan fingerprint density at radius 3 is 2.72 bits per heavy atom. The molecule has 98 valence electrons. The van der Waals surface area contributed by atoms with Crippen LogP contribution in [-0.4, -0.2) is 29.4 Å². The Hall–Kier alpha value is -1.35. The van der Waals surface area contributed by atoms with E-state index in [2.05, 4.69) is 31.2 Å². The second-order valence-corrected chi connectivity index (χ2v) is 5.30. The van der Waals surface area contributed by atoms with Gasteiger partial charge < -0.3 is 10.6 Å². The molecular formula is C15H22N2O. The van der Waals surface area contributed by atoms with Gasteiger partial charge in [0.05, 0.1) is 6.04 Å². The molecule has 0 spiro atoms. The summed E-state index contributed by atoms with van der Waals surface area (Å²) in [6.07, 6.45) is 2.12. The van der Waals surface area contributed by atoms with E-state index in [1.165, 1.54) is 5.56 Å². The van der Waals surface area contributed by atoms with Crippen molar-refractivity contribution in [1.82, 2.24) is 4.90 Å². The maximum Gasteiger partial charge on any atom is 0.239 e. The van der Waals surface area contributed by atoms with Gasteiger partial charge in [-0.05, 0) is 38.2 Å². The van der Waals surface area contributed by atoms with Crippen LogP contribution in [0.5, 0.6) is 0 Å². The fraction of sp³-hybridized carbons (Fsp3) is 0.533. The summed E-state index contributed by atoms with van der Waals surface area (Å²) >= 11 is 0. The molecule has 0 aliphatic carbocycles. The summed E-state index contributed by atoms with van der Waals surface area (Å²) in [5.74, 6) is 0.633. The first kappa shape index (κ1) is 13.1. The van der Waals surface area contributed by atoms with Crippen molar-refractivity contribution in [3.05, 3.63) is 35.9 Å². The molecule has 2 rings (SSSR count). The van der Waals surface area contributed by atoms with Crippen LogP contribution in [0.1, 0.15) is 25.8 Å². The zero-order chi connectivity index (χ0) is 13.1. The summed E-state index contributed by atoms with van der Waals surface area (Å²) in [4.78, 5) is 13.9. The summed E-state index contributed by atoms with van der Waals surface area (Å²) in [6.45, 7) is 4.75. The van der Waals surface area contributed by atoms with Gasteiger partial charge >= 0.3 is 0 Å². The van der Waals surface area contributed by atoms with Crippen molar-refractivity contribution in [3.8, 4) is 0 Å². The van der Waals surface area contributed by atoms with E-state index in [0.717, 1.165) is 19.4 Å². The van der Waals surface area contributed by atoms with Crippen molar-refractivity contribution < 1.29 is 4.79 Å². The molecule has 18 heavy (non-hydrogen) atoms. The number of benzene rings is 1. The Kier molecular flexibility index (Phi) is 4.02. The van der Waals surface area contributed by atoms with Crippen LogP contribution < -0.4 is 5.73 Å². The normalized spacial score (nSPS) is 25.2. The lowest BCUT2D eigenvalue weighted by molar-refractivity contribution is -0.133. The zero-order valence-electron chi connectivity index (χ0n) is 11.2. The Balaban J connectivity index is 1.99. The molecule has 1 saturated heterocycles. The lowest BCUT2D eigenvalue weighted by atomic mass is 9.93. The Labute approximate surface area is 109 Å². The molecule has 0 bridgehead atoms. The summed E-state index contributed by atoms with van der Waals surface area (Å²) < 4.78 is 0. The summed E-state index contributed by atoms with van der Waals surface area (Å²) in [7, 11) is 0. The fourth-order valence-electron chi connectivity index (χ4n) is 2.77. The van der Waals surface area contributed by atoms with E-state index in [4.69, 9.17) is 5.73 Å². The average molecular weight is 246 g/mol. The summed E-state index contributed by atoms with van der Waals surface area (Å²) in [5.41, 5.74) is 7.04. The molecule has 0 radical (unpaired) electrons. The van der Waals surface area contributed by atoms with E-state index in [9.17, 15) is 4.79 Å². The van der Waals surface area contributed by atoms with E-state index in [0.29, 0.717) is 12.0 Å². The molecule has 0 aromatic heterocycles. The molecular weight excluding hydrogens is 224 g/mol. The fourth-order valence-corrected chi connectivity index (χ4v) is 2.77. The summed E-state index contributed by atoms with van der Waals surface area (Å²) in [5, 5.41) is 0. The molecule has 0 unspecified atom stereocenters. The van der Waals surface area contributed by atoms with Crippen LogP contribution in [0.15, 0.2) is 30.3 Å². The molecule has 0 saturated carbocycles. The quantitative estimate of drug-likeness (QED) is 0.884. The standard InChI is InChI=1S/C15H22N2O/c1-11(16)15(18)17-9-8-14(12(17)2)10-13-6-4-3-5-7-13/h3-7,11-12,14H,8-10,16H2,1-2H3/t11-,12-,14+/m0/s1. The minimum Gasteiger partial charge on any atom is -0.338 e. The topological polar surface area (TPSA) is 46.3 Å². The number of hydrogen-bond acceptors (Lipinski definition) is 2. The molecule has 1 aliphatic heterocycles. The molecule has 1 heterocycles. The van der Waals surface area contributed by atoms with Gasteiger partial charge in [-0.1, -0.05) is 30.3 Å². The van der Waals surface area contributed by atoms with Gasteiger partial charge in [-0.2, -0.15) is 0 Å². The second kappa shape index (κ2) is 5.53. The van der Waals surface area contributed by atoms with Gasteiger partial charge in [-0.25, -0.2) is 0 Å². The third kappa shape index (κ3) is 2.72. The highest BCUT2D eigenvalue weighted by Crippen LogP contribution is 2.27. The Morgan fingerprint density at radius 2 is 2.11 bits per heavy atom. The van der Waals surface area contributed by atoms with Gasteiger partial charge in [0.1, 0.15) is 0 Å². The lowest BCUT2D eigenvalue weighted by Crippen LogP contribution is -2.44. The van der Waals surface area contributed by atoms with Gasteiger partial charge in [0, 0.05) is 12.6 Å². The number of rotatable bonds is 3. The number of amides is 1. The SMILES string of the molecule is C[C@H](N)C(=O)N1CC[C@H](Cc2ccccc2)[C@@H]1C. The number of likely N-dealkylation sites (tertiary alicyclic amines) is 1. The van der Waals surface area contributed by atoms with E-state index >= 15 is 0 Å². The van der Waals surface area contributed by atoms with Crippen LogP contribution in [0.2, 0.25) is 0 Å². The Morgan fingerprint density at radius 1 is 1.44 bits per heavy atom. The first-order valence-electron chi connectivity index (χ1n) is 6.69. The monoisotopic (exact) mass is 246 g/mol. The number of nitrogens with two attached hydrogens (primary N) is 1. The molecule has 1 aliphatic rings. The number of hydrogen-bond donors (Lipinski definition) is 1. The van der Waals surface area contributed by atoms with Crippen LogP contribution in [0.4, 0.5) is 0 Å². The van der Waals surface area contributed by atoms with Crippen molar-refractivity contribution in [2.45, 2.75) is 38.8 Å². The third-order valence-electron chi connectivity index (χ3n) is 3.93. The largest absolute Gasteiger partial charge is 0.338 e. The predicted molar refractivity (Wildman–Crippen MR) is 73.1 cm³/mol. The van der Waals surface area contributed by atoms with E-state index in [-0.39, 0.29) is 11.9 Å². The highest BCUT2D eigenvalue weighted by Gasteiger charge is 2.34. The first-order chi connectivity index (χ1) is 8.59. The molecule has 3 nitrogen and oxygen atoms in total. The van der Waals surface area contributed by atoms with Crippen molar-refractivity contribution in [3.63, 3.8) is 0 Å². The zero-order valence-corrected chi connectivity index (χ0v) is 11.2. The van der Waals surface area contributed by atoms with Crippen molar-refractivity contribution in [2.75, 3.05) is 6.54 Å². The first-order valence-corrected chi connectivity index (χ1v) is 6.69. The Bertz CT molecular complexity index is 402. The average Bonchev–Trinajstić information content (AvgIpc) is 2.71. The van der Waals surface area contributed by atoms with Crippen molar-refractivity contribution in [1.29, 1.82) is 0 Å². The molecule has 1 aromatic carbocycles. The molecule has 3 atom stereocenters. The molecule has 1 aromatic rings. The molecule has 1 amide bonds. The lowest BCUT2D eigenvalue weighted by Gasteiger charge is -2.26. The van der Waals surface area contributed by atoms with Gasteiger partial charge in [-0.15, -0.1) is 0 Å². The number of carbonyl (C=O) groups is 1. The van der Waals surface area contributed by atoms with Gasteiger partial charge in [0.2, 0.25) is 5.91 Å². The van der Waals surface area contributed by atoms with Crippen molar-refractivity contribution >= 4 is 5.91 Å². The van der Waals surface area contributed by atoms with Crippen molar-refractivity contribution in [2.24, 2.45) is 11.7 Å². The van der Waals surface area contributed by atoms with E-state index in [1.54, 1.807) is 6.92 Å². The van der Waals surface area contributed by atoms with Gasteiger partial charge in [0.25, 0.3) is 0 Å². The third-order valence-corrected chi connectivity index (χ3v) is 3.93. The van der Waals surface area contributed by atoms with Crippen LogP contribution in [-0.2, 0) is 11.2 Å². The number of carbonyl (C=O) groups excluding carboxylic acids is 1. The highest BCUT2D eigenvalue weighted by atomic mass is 16.2. The van der Waals surface area contributed by atoms with E-state index in [1.807, 2.05) is 11.0 Å². The van der Waals surface area contributed by atoms with Gasteiger partial charge in [-0.3, -0.25) is 4.79 Å². The second-order valence-electron chi connectivity index (χ2n) is 5.30. The minimum absolute atomic E-state index is 0.0815. The summed E-state index contributed by atoms with van der Waals surface area (Å²) in [6, 6.07) is 10.4. The molecule has 1 fully saturated rings. The molecule has 2 N–H and O–H groups in total. The highest BCUT2D eigenvalue weighted by molar-refractivity contribution is 5.81. The smallest absolute Gasteiger partial charge is 0.239 e.